The summed E-state index contributed by atoms with van der Waals surface area (Å²) in [5, 5.41) is 1.18. The zero-order chi connectivity index (χ0) is 18.9. The van der Waals surface area contributed by atoms with Crippen LogP contribution in [-0.4, -0.2) is 34.1 Å². The summed E-state index contributed by atoms with van der Waals surface area (Å²) in [5.41, 5.74) is -0.318. The fourth-order valence-corrected chi connectivity index (χ4v) is 3.51. The Morgan fingerprint density at radius 3 is 2.50 bits per heavy atom. The van der Waals surface area contributed by atoms with E-state index in [4.69, 9.17) is 0 Å². The largest absolute Gasteiger partial charge is 0.433 e. The molecular formula is C19H22F3N3O. The molecule has 3 rings (SSSR count). The van der Waals surface area contributed by atoms with Crippen LogP contribution in [-0.2, 0) is 12.7 Å². The van der Waals surface area contributed by atoms with Crippen LogP contribution in [0.5, 0.6) is 0 Å². The number of aromatic amines is 1. The first kappa shape index (κ1) is 18.5. The van der Waals surface area contributed by atoms with Crippen molar-refractivity contribution in [3.63, 3.8) is 0 Å². The molecular weight excluding hydrogens is 343 g/mol. The Bertz CT molecular complexity index is 968. The zero-order valence-corrected chi connectivity index (χ0v) is 14.9. The standard InChI is InChI=1S/C19H22F3N3O/c1-3-24(4-2)10-5-11-25-16-12-13(26)6-7-14(16)15-8-9-23-18(17(15)25)19(20,21)22/h6-9,12,23H,3-5,10-11H2,1-2H3. The predicted molar refractivity (Wildman–Crippen MR) is 97.5 cm³/mol. The molecule has 0 amide bonds. The van der Waals surface area contributed by atoms with E-state index in [1.807, 2.05) is 0 Å². The molecule has 1 N–H and O–H groups in total. The number of rotatable bonds is 6. The van der Waals surface area contributed by atoms with E-state index in [-0.39, 0.29) is 10.9 Å². The summed E-state index contributed by atoms with van der Waals surface area (Å²) in [6, 6.07) is 6.07. The second-order valence-electron chi connectivity index (χ2n) is 6.32. The van der Waals surface area contributed by atoms with Crippen LogP contribution < -0.4 is 5.43 Å². The van der Waals surface area contributed by atoms with Gasteiger partial charge in [0.1, 0.15) is 5.69 Å². The smallest absolute Gasteiger partial charge is 0.356 e. The summed E-state index contributed by atoms with van der Waals surface area (Å²) in [7, 11) is 0. The lowest BCUT2D eigenvalue weighted by Crippen LogP contribution is -2.25. The highest BCUT2D eigenvalue weighted by molar-refractivity contribution is 6.08. The highest BCUT2D eigenvalue weighted by Crippen LogP contribution is 2.37. The van der Waals surface area contributed by atoms with E-state index in [1.165, 1.54) is 18.3 Å². The number of pyridine rings is 1. The van der Waals surface area contributed by atoms with Gasteiger partial charge < -0.3 is 14.5 Å². The SMILES string of the molecule is CCN(CC)CCCn1c2cc(=O)ccc2c2cc[nH]c(C(F)(F)F)c21. The minimum atomic E-state index is -4.50. The van der Waals surface area contributed by atoms with E-state index in [2.05, 4.69) is 23.7 Å². The van der Waals surface area contributed by atoms with Crippen LogP contribution >= 0.6 is 0 Å². The van der Waals surface area contributed by atoms with Crippen LogP contribution in [0, 0.1) is 0 Å². The van der Waals surface area contributed by atoms with E-state index in [9.17, 15) is 18.0 Å². The van der Waals surface area contributed by atoms with Crippen LogP contribution in [0.15, 0.2) is 35.3 Å². The van der Waals surface area contributed by atoms with Gasteiger partial charge in [-0.3, -0.25) is 4.79 Å². The molecule has 4 nitrogen and oxygen atoms in total. The highest BCUT2D eigenvalue weighted by Gasteiger charge is 2.35. The van der Waals surface area contributed by atoms with Crippen LogP contribution in [0.2, 0.25) is 0 Å². The molecule has 0 bridgehead atoms. The predicted octanol–water partition coefficient (Wildman–Crippen LogP) is 4.23. The van der Waals surface area contributed by atoms with Gasteiger partial charge in [0, 0.05) is 29.6 Å². The van der Waals surface area contributed by atoms with Gasteiger partial charge in [-0.2, -0.15) is 13.2 Å². The lowest BCUT2D eigenvalue weighted by atomic mass is 10.1. The number of alkyl halides is 3. The molecule has 0 aliphatic carbocycles. The molecule has 140 valence electrons. The molecule has 2 aromatic heterocycles. The average Bonchev–Trinajstić information content (AvgIpc) is 2.91. The van der Waals surface area contributed by atoms with Crippen LogP contribution in [0.1, 0.15) is 26.0 Å². The summed E-state index contributed by atoms with van der Waals surface area (Å²) < 4.78 is 42.3. The third-order valence-corrected chi connectivity index (χ3v) is 4.82. The third kappa shape index (κ3) is 3.35. The van der Waals surface area contributed by atoms with Gasteiger partial charge in [0.25, 0.3) is 0 Å². The lowest BCUT2D eigenvalue weighted by Gasteiger charge is -2.19. The van der Waals surface area contributed by atoms with Crippen LogP contribution in [0.25, 0.3) is 21.8 Å². The van der Waals surface area contributed by atoms with Crippen molar-refractivity contribution in [3.8, 4) is 0 Å². The minimum Gasteiger partial charge on any atom is -0.356 e. The van der Waals surface area contributed by atoms with Crippen LogP contribution in [0.3, 0.4) is 0 Å². The first-order chi connectivity index (χ1) is 12.4. The second kappa shape index (κ2) is 7.15. The highest BCUT2D eigenvalue weighted by atomic mass is 19.4. The maximum Gasteiger partial charge on any atom is 0.433 e. The van der Waals surface area contributed by atoms with Gasteiger partial charge >= 0.3 is 6.18 Å². The number of fused-ring (bicyclic) bond motifs is 3. The topological polar surface area (TPSA) is 41.0 Å². The Morgan fingerprint density at radius 1 is 1.12 bits per heavy atom. The maximum absolute atomic E-state index is 13.6. The van der Waals surface area contributed by atoms with Crippen molar-refractivity contribution in [3.05, 3.63) is 46.4 Å². The van der Waals surface area contributed by atoms with Crippen LogP contribution in [0.4, 0.5) is 13.2 Å². The number of hydrogen-bond acceptors (Lipinski definition) is 2. The first-order valence-corrected chi connectivity index (χ1v) is 8.80. The Balaban J connectivity index is 2.16. The van der Waals surface area contributed by atoms with Crippen molar-refractivity contribution >= 4 is 21.8 Å². The fourth-order valence-electron chi connectivity index (χ4n) is 3.51. The Morgan fingerprint density at radius 2 is 1.85 bits per heavy atom. The normalized spacial score (nSPS) is 12.5. The van der Waals surface area contributed by atoms with Crippen molar-refractivity contribution in [2.45, 2.75) is 33.0 Å². The molecule has 26 heavy (non-hydrogen) atoms. The van der Waals surface area contributed by atoms with Crippen molar-refractivity contribution in [1.82, 2.24) is 14.5 Å². The molecule has 0 radical (unpaired) electrons. The first-order valence-electron chi connectivity index (χ1n) is 8.80. The number of H-pyrrole nitrogens is 1. The van der Waals surface area contributed by atoms with E-state index in [0.29, 0.717) is 29.3 Å². The molecule has 2 heterocycles. The molecule has 0 saturated carbocycles. The molecule has 0 atom stereocenters. The van der Waals surface area contributed by atoms with E-state index >= 15 is 0 Å². The van der Waals surface area contributed by atoms with E-state index < -0.39 is 11.9 Å². The van der Waals surface area contributed by atoms with E-state index in [0.717, 1.165) is 19.6 Å². The Kier molecular flexibility index (Phi) is 5.09. The number of aromatic nitrogens is 2. The number of nitrogens with one attached hydrogen (secondary N) is 1. The lowest BCUT2D eigenvalue weighted by molar-refractivity contribution is -0.140. The minimum absolute atomic E-state index is 0.111. The molecule has 3 aromatic rings. The molecule has 0 aliphatic rings. The molecule has 7 heteroatoms. The number of halogens is 3. The van der Waals surface area contributed by atoms with E-state index in [1.54, 1.807) is 16.7 Å². The van der Waals surface area contributed by atoms with Crippen molar-refractivity contribution in [1.29, 1.82) is 0 Å². The molecule has 0 saturated heterocycles. The van der Waals surface area contributed by atoms with Gasteiger partial charge in [-0.25, -0.2) is 0 Å². The Labute approximate surface area is 149 Å². The summed E-state index contributed by atoms with van der Waals surface area (Å²) in [6.45, 7) is 7.13. The Hall–Kier alpha value is -2.28. The van der Waals surface area contributed by atoms with Crippen molar-refractivity contribution in [2.24, 2.45) is 0 Å². The van der Waals surface area contributed by atoms with Gasteiger partial charge in [-0.1, -0.05) is 13.8 Å². The van der Waals surface area contributed by atoms with Gasteiger partial charge in [-0.05, 0) is 44.3 Å². The van der Waals surface area contributed by atoms with Crippen molar-refractivity contribution in [2.75, 3.05) is 19.6 Å². The summed E-state index contributed by atoms with van der Waals surface area (Å²) in [4.78, 5) is 16.4. The number of benzene rings is 1. The van der Waals surface area contributed by atoms with Crippen molar-refractivity contribution < 1.29 is 13.2 Å². The maximum atomic E-state index is 13.6. The quantitative estimate of drug-likeness (QED) is 0.710. The third-order valence-electron chi connectivity index (χ3n) is 4.82. The summed E-state index contributed by atoms with van der Waals surface area (Å²) in [5.74, 6) is 0. The molecule has 0 spiro atoms. The summed E-state index contributed by atoms with van der Waals surface area (Å²) in [6.07, 6.45) is -2.49. The number of aryl methyl sites for hydroxylation is 1. The molecule has 1 aromatic carbocycles. The van der Waals surface area contributed by atoms with Gasteiger partial charge in [0.2, 0.25) is 0 Å². The fraction of sp³-hybridized carbons (Fsp3) is 0.421. The summed E-state index contributed by atoms with van der Waals surface area (Å²) >= 11 is 0. The molecule has 0 aliphatic heterocycles. The molecule has 0 fully saturated rings. The van der Waals surface area contributed by atoms with Gasteiger partial charge in [-0.15, -0.1) is 0 Å². The number of nitrogens with zero attached hydrogens (tertiary/aromatic N) is 2. The van der Waals surface area contributed by atoms with Gasteiger partial charge in [0.05, 0.1) is 11.0 Å². The van der Waals surface area contributed by atoms with Gasteiger partial charge in [0.15, 0.2) is 5.43 Å². The second-order valence-corrected chi connectivity index (χ2v) is 6.32. The monoisotopic (exact) mass is 365 g/mol. The average molecular weight is 365 g/mol. The zero-order valence-electron chi connectivity index (χ0n) is 14.9. The molecule has 0 unspecified atom stereocenters. The number of hydrogen-bond donors (Lipinski definition) is 1.